The molecule has 0 aromatic heterocycles. The first-order valence-corrected chi connectivity index (χ1v) is 7.77. The van der Waals surface area contributed by atoms with Gasteiger partial charge in [0.1, 0.15) is 0 Å². The third-order valence-electron chi connectivity index (χ3n) is 3.34. The molecule has 20 heavy (non-hydrogen) atoms. The van der Waals surface area contributed by atoms with Gasteiger partial charge in [0.05, 0.1) is 0 Å². The molecule has 0 spiro atoms. The molecule has 0 unspecified atom stereocenters. The van der Waals surface area contributed by atoms with Crippen LogP contribution in [0.2, 0.25) is 0 Å². The summed E-state index contributed by atoms with van der Waals surface area (Å²) in [5.41, 5.74) is 1.14. The van der Waals surface area contributed by atoms with Crippen LogP contribution in [0, 0.1) is 0 Å². The molecule has 1 aromatic rings. The predicted octanol–water partition coefficient (Wildman–Crippen LogP) is 3.66. The molecule has 1 aromatic carbocycles. The maximum atomic E-state index is 11.8. The minimum atomic E-state index is -0.0774. The molecule has 112 valence electrons. The van der Waals surface area contributed by atoms with E-state index in [4.69, 9.17) is 4.74 Å². The maximum Gasteiger partial charge on any atom is 0.220 e. The molecule has 0 fully saturated rings. The summed E-state index contributed by atoms with van der Waals surface area (Å²) in [6.07, 6.45) is 2.37. The number of benzene rings is 1. The van der Waals surface area contributed by atoms with Crippen molar-refractivity contribution < 1.29 is 9.53 Å². The highest BCUT2D eigenvalue weighted by atomic mass is 79.9. The van der Waals surface area contributed by atoms with Gasteiger partial charge < -0.3 is 10.1 Å². The zero-order chi connectivity index (χ0) is 15.0. The monoisotopic (exact) mass is 341 g/mol. The number of nitrogens with one attached hydrogen (secondary N) is 1. The Hall–Kier alpha value is -0.870. The molecule has 0 aliphatic carbocycles. The van der Waals surface area contributed by atoms with E-state index in [1.54, 1.807) is 7.11 Å². The third-order valence-corrected chi connectivity index (χ3v) is 3.83. The Balaban J connectivity index is 2.41. The molecule has 1 N–H and O–H groups in total. The molecular weight excluding hydrogens is 318 g/mol. The number of carbonyl (C=O) groups excluding carboxylic acids is 1. The summed E-state index contributed by atoms with van der Waals surface area (Å²) in [4.78, 5) is 11.8. The van der Waals surface area contributed by atoms with Crippen molar-refractivity contribution in [1.29, 1.82) is 0 Å². The van der Waals surface area contributed by atoms with Gasteiger partial charge in [-0.3, -0.25) is 4.79 Å². The third kappa shape index (κ3) is 6.06. The van der Waals surface area contributed by atoms with Gasteiger partial charge in [0.15, 0.2) is 0 Å². The summed E-state index contributed by atoms with van der Waals surface area (Å²) in [5, 5.41) is 3.02. The van der Waals surface area contributed by atoms with Crippen molar-refractivity contribution in [2.45, 2.75) is 38.5 Å². The van der Waals surface area contributed by atoms with Gasteiger partial charge in [-0.05, 0) is 30.5 Å². The minimum Gasteiger partial charge on any atom is -0.385 e. The van der Waals surface area contributed by atoms with Gasteiger partial charge in [-0.15, -0.1) is 0 Å². The number of amides is 1. The van der Waals surface area contributed by atoms with Gasteiger partial charge in [0.25, 0.3) is 0 Å². The molecule has 0 atom stereocenters. The van der Waals surface area contributed by atoms with Gasteiger partial charge in [-0.25, -0.2) is 0 Å². The normalized spacial score (nSPS) is 11.4. The Morgan fingerprint density at radius 3 is 2.75 bits per heavy atom. The van der Waals surface area contributed by atoms with E-state index < -0.39 is 0 Å². The number of hydrogen-bond acceptors (Lipinski definition) is 2. The largest absolute Gasteiger partial charge is 0.385 e. The van der Waals surface area contributed by atoms with Gasteiger partial charge in [-0.2, -0.15) is 0 Å². The Labute approximate surface area is 130 Å². The summed E-state index contributed by atoms with van der Waals surface area (Å²) in [6.45, 7) is 5.64. The zero-order valence-electron chi connectivity index (χ0n) is 12.5. The second-order valence-electron chi connectivity index (χ2n) is 5.62. The van der Waals surface area contributed by atoms with Crippen molar-refractivity contribution in [3.63, 3.8) is 0 Å². The number of ether oxygens (including phenoxy) is 1. The first kappa shape index (κ1) is 17.2. The molecule has 0 aliphatic rings. The van der Waals surface area contributed by atoms with Crippen LogP contribution in [0.5, 0.6) is 0 Å². The van der Waals surface area contributed by atoms with E-state index in [2.05, 4.69) is 47.2 Å². The molecule has 0 saturated heterocycles. The average Bonchev–Trinajstić information content (AvgIpc) is 2.41. The van der Waals surface area contributed by atoms with E-state index in [1.807, 2.05) is 12.1 Å². The van der Waals surface area contributed by atoms with Gasteiger partial charge in [-0.1, -0.05) is 41.9 Å². The summed E-state index contributed by atoms with van der Waals surface area (Å²) >= 11 is 3.48. The summed E-state index contributed by atoms with van der Waals surface area (Å²) < 4.78 is 6.03. The van der Waals surface area contributed by atoms with Crippen LogP contribution in [0.4, 0.5) is 0 Å². The number of methoxy groups -OCH3 is 1. The van der Waals surface area contributed by atoms with Crippen LogP contribution >= 0.6 is 15.9 Å². The molecule has 4 heteroatoms. The lowest BCUT2D eigenvalue weighted by atomic mass is 9.84. The fraction of sp³-hybridized carbons (Fsp3) is 0.562. The lowest BCUT2D eigenvalue weighted by Gasteiger charge is -2.26. The van der Waals surface area contributed by atoms with Crippen LogP contribution in [-0.2, 0) is 14.9 Å². The van der Waals surface area contributed by atoms with Crippen LogP contribution in [0.15, 0.2) is 28.7 Å². The summed E-state index contributed by atoms with van der Waals surface area (Å²) in [5.74, 6) is 0.115. The molecule has 3 nitrogen and oxygen atoms in total. The van der Waals surface area contributed by atoms with Crippen LogP contribution in [0.1, 0.15) is 38.7 Å². The molecule has 0 aliphatic heterocycles. The van der Waals surface area contributed by atoms with E-state index in [-0.39, 0.29) is 11.3 Å². The molecule has 1 amide bonds. The number of carbonyl (C=O) groups is 1. The Bertz CT molecular complexity index is 432. The lowest BCUT2D eigenvalue weighted by Crippen LogP contribution is -2.36. The first-order chi connectivity index (χ1) is 9.45. The van der Waals surface area contributed by atoms with Crippen LogP contribution in [-0.4, -0.2) is 26.2 Å². The highest BCUT2D eigenvalue weighted by Gasteiger charge is 2.21. The van der Waals surface area contributed by atoms with E-state index in [1.165, 1.54) is 5.56 Å². The number of halogens is 1. The number of rotatable bonds is 8. The molecule has 0 radical (unpaired) electrons. The van der Waals surface area contributed by atoms with Crippen molar-refractivity contribution in [2.24, 2.45) is 0 Å². The zero-order valence-corrected chi connectivity index (χ0v) is 14.1. The maximum absolute atomic E-state index is 11.8. The van der Waals surface area contributed by atoms with Gasteiger partial charge >= 0.3 is 0 Å². The van der Waals surface area contributed by atoms with Crippen molar-refractivity contribution in [1.82, 2.24) is 5.32 Å². The SMILES string of the molecule is COCCCCC(=O)NCC(C)(C)c1cccc(Br)c1. The fourth-order valence-electron chi connectivity index (χ4n) is 1.95. The molecule has 0 bridgehead atoms. The van der Waals surface area contributed by atoms with Crippen LogP contribution in [0.25, 0.3) is 0 Å². The molecule has 0 heterocycles. The highest BCUT2D eigenvalue weighted by molar-refractivity contribution is 9.10. The van der Waals surface area contributed by atoms with E-state index in [0.29, 0.717) is 13.0 Å². The quantitative estimate of drug-likeness (QED) is 0.732. The number of unbranched alkanes of at least 4 members (excludes halogenated alkanes) is 1. The fourth-order valence-corrected chi connectivity index (χ4v) is 2.35. The van der Waals surface area contributed by atoms with Crippen molar-refractivity contribution in [3.05, 3.63) is 34.3 Å². The average molecular weight is 342 g/mol. The Morgan fingerprint density at radius 2 is 2.10 bits per heavy atom. The topological polar surface area (TPSA) is 38.3 Å². The minimum absolute atomic E-state index is 0.0774. The standard InChI is InChI=1S/C16H24BrNO2/c1-16(2,13-7-6-8-14(17)11-13)12-18-15(19)9-4-5-10-20-3/h6-8,11H,4-5,9-10,12H2,1-3H3,(H,18,19). The van der Waals surface area contributed by atoms with Gasteiger partial charge in [0.2, 0.25) is 5.91 Å². The van der Waals surface area contributed by atoms with Crippen molar-refractivity contribution >= 4 is 21.8 Å². The second-order valence-corrected chi connectivity index (χ2v) is 6.54. The Kier molecular flexibility index (Phi) is 7.24. The predicted molar refractivity (Wildman–Crippen MR) is 85.9 cm³/mol. The summed E-state index contributed by atoms with van der Waals surface area (Å²) in [7, 11) is 1.68. The van der Waals surface area contributed by atoms with Crippen LogP contribution < -0.4 is 5.32 Å². The second kappa shape index (κ2) is 8.42. The lowest BCUT2D eigenvalue weighted by molar-refractivity contribution is -0.121. The molecular formula is C16H24BrNO2. The molecule has 0 saturated carbocycles. The summed E-state index contributed by atoms with van der Waals surface area (Å²) in [6, 6.07) is 8.22. The van der Waals surface area contributed by atoms with Crippen LogP contribution in [0.3, 0.4) is 0 Å². The number of hydrogen-bond donors (Lipinski definition) is 1. The first-order valence-electron chi connectivity index (χ1n) is 6.97. The van der Waals surface area contributed by atoms with Crippen molar-refractivity contribution in [3.8, 4) is 0 Å². The van der Waals surface area contributed by atoms with E-state index in [9.17, 15) is 4.79 Å². The van der Waals surface area contributed by atoms with Gasteiger partial charge in [0, 0.05) is 36.6 Å². The molecule has 1 rings (SSSR count). The highest BCUT2D eigenvalue weighted by Crippen LogP contribution is 2.25. The Morgan fingerprint density at radius 1 is 1.35 bits per heavy atom. The van der Waals surface area contributed by atoms with Crippen molar-refractivity contribution in [2.75, 3.05) is 20.3 Å². The van der Waals surface area contributed by atoms with E-state index >= 15 is 0 Å². The van der Waals surface area contributed by atoms with E-state index in [0.717, 1.165) is 23.9 Å². The smallest absolute Gasteiger partial charge is 0.220 e.